The molecule has 0 radical (unpaired) electrons. The first kappa shape index (κ1) is 13.3. The molecule has 1 aromatic carbocycles. The van der Waals surface area contributed by atoms with Crippen LogP contribution in [0.15, 0.2) is 36.0 Å². The lowest BCUT2D eigenvalue weighted by Crippen LogP contribution is -2.13. The summed E-state index contributed by atoms with van der Waals surface area (Å²) < 4.78 is 12.4. The number of aromatic amines is 1. The minimum Gasteiger partial charge on any atom is -0.369 e. The first-order valence-corrected chi connectivity index (χ1v) is 6.19. The SMILES string of the molecule is CC(=CCc1ccc2[nH]cc(CC(N)=O)c2c1)CF. The summed E-state index contributed by atoms with van der Waals surface area (Å²) in [6.07, 6.45) is 4.60. The number of amides is 1. The second kappa shape index (κ2) is 5.69. The highest BCUT2D eigenvalue weighted by molar-refractivity contribution is 5.88. The number of carbonyl (C=O) groups excluding carboxylic acids is 1. The lowest BCUT2D eigenvalue weighted by molar-refractivity contribution is -0.117. The van der Waals surface area contributed by atoms with E-state index in [4.69, 9.17) is 5.73 Å². The summed E-state index contributed by atoms with van der Waals surface area (Å²) in [5.41, 5.74) is 8.92. The lowest BCUT2D eigenvalue weighted by atomic mass is 10.0. The van der Waals surface area contributed by atoms with Crippen LogP contribution in [-0.4, -0.2) is 17.6 Å². The quantitative estimate of drug-likeness (QED) is 0.798. The van der Waals surface area contributed by atoms with Crippen molar-refractivity contribution in [2.75, 3.05) is 6.67 Å². The van der Waals surface area contributed by atoms with Gasteiger partial charge in [-0.15, -0.1) is 0 Å². The molecule has 0 aliphatic carbocycles. The summed E-state index contributed by atoms with van der Waals surface area (Å²) >= 11 is 0. The van der Waals surface area contributed by atoms with Gasteiger partial charge >= 0.3 is 0 Å². The number of rotatable bonds is 5. The number of alkyl halides is 1. The van der Waals surface area contributed by atoms with Crippen LogP contribution < -0.4 is 5.73 Å². The number of allylic oxidation sites excluding steroid dienone is 2. The van der Waals surface area contributed by atoms with Crippen LogP contribution in [0.25, 0.3) is 10.9 Å². The maximum atomic E-state index is 12.4. The minimum absolute atomic E-state index is 0.225. The van der Waals surface area contributed by atoms with Gasteiger partial charge in [0.25, 0.3) is 0 Å². The van der Waals surface area contributed by atoms with Crippen LogP contribution in [-0.2, 0) is 17.6 Å². The fourth-order valence-electron chi connectivity index (χ4n) is 2.03. The van der Waals surface area contributed by atoms with E-state index < -0.39 is 6.67 Å². The van der Waals surface area contributed by atoms with E-state index in [9.17, 15) is 9.18 Å². The molecule has 1 heterocycles. The second-order valence-corrected chi connectivity index (χ2v) is 4.73. The van der Waals surface area contributed by atoms with Gasteiger partial charge in [0.15, 0.2) is 0 Å². The maximum absolute atomic E-state index is 12.4. The fraction of sp³-hybridized carbons (Fsp3) is 0.267. The van der Waals surface area contributed by atoms with Gasteiger partial charge in [-0.2, -0.15) is 0 Å². The van der Waals surface area contributed by atoms with E-state index in [2.05, 4.69) is 4.98 Å². The van der Waals surface area contributed by atoms with Gasteiger partial charge in [-0.25, -0.2) is 4.39 Å². The van der Waals surface area contributed by atoms with Crippen molar-refractivity contribution < 1.29 is 9.18 Å². The van der Waals surface area contributed by atoms with E-state index in [-0.39, 0.29) is 12.3 Å². The monoisotopic (exact) mass is 260 g/mol. The van der Waals surface area contributed by atoms with E-state index in [1.807, 2.05) is 30.5 Å². The third-order valence-corrected chi connectivity index (χ3v) is 3.09. The number of H-pyrrole nitrogens is 1. The first-order valence-electron chi connectivity index (χ1n) is 6.19. The lowest BCUT2D eigenvalue weighted by Gasteiger charge is -2.01. The van der Waals surface area contributed by atoms with E-state index >= 15 is 0 Å². The van der Waals surface area contributed by atoms with E-state index in [0.717, 1.165) is 27.6 Å². The zero-order valence-corrected chi connectivity index (χ0v) is 10.9. The largest absolute Gasteiger partial charge is 0.369 e. The van der Waals surface area contributed by atoms with E-state index in [0.29, 0.717) is 6.42 Å². The molecule has 3 nitrogen and oxygen atoms in total. The molecule has 2 rings (SSSR count). The summed E-state index contributed by atoms with van der Waals surface area (Å²) in [5.74, 6) is -0.348. The Balaban J connectivity index is 2.30. The predicted octanol–water partition coefficient (Wildman–Crippen LogP) is 2.65. The van der Waals surface area contributed by atoms with E-state index in [1.165, 1.54) is 0 Å². The third-order valence-electron chi connectivity index (χ3n) is 3.09. The Labute approximate surface area is 111 Å². The zero-order valence-electron chi connectivity index (χ0n) is 10.9. The third kappa shape index (κ3) is 3.22. The number of nitrogens with one attached hydrogen (secondary N) is 1. The molecule has 0 aliphatic rings. The Morgan fingerprint density at radius 2 is 2.26 bits per heavy atom. The van der Waals surface area contributed by atoms with Crippen molar-refractivity contribution in [3.8, 4) is 0 Å². The topological polar surface area (TPSA) is 58.9 Å². The molecule has 0 aliphatic heterocycles. The van der Waals surface area contributed by atoms with Crippen LogP contribution in [0, 0.1) is 0 Å². The molecule has 0 saturated heterocycles. The highest BCUT2D eigenvalue weighted by Gasteiger charge is 2.06. The number of primary amides is 1. The predicted molar refractivity (Wildman–Crippen MR) is 74.6 cm³/mol. The molecule has 1 aromatic heterocycles. The van der Waals surface area contributed by atoms with Crippen LogP contribution in [0.3, 0.4) is 0 Å². The van der Waals surface area contributed by atoms with Gasteiger partial charge < -0.3 is 10.7 Å². The highest BCUT2D eigenvalue weighted by Crippen LogP contribution is 2.21. The summed E-state index contributed by atoms with van der Waals surface area (Å²) in [7, 11) is 0. The number of aromatic nitrogens is 1. The number of hydrogen-bond donors (Lipinski definition) is 2. The average molecular weight is 260 g/mol. The van der Waals surface area contributed by atoms with Crippen molar-refractivity contribution in [1.29, 1.82) is 0 Å². The highest BCUT2D eigenvalue weighted by atomic mass is 19.1. The molecule has 0 saturated carbocycles. The van der Waals surface area contributed by atoms with Crippen LogP contribution in [0.5, 0.6) is 0 Å². The molecule has 100 valence electrons. The summed E-state index contributed by atoms with van der Waals surface area (Å²) in [6, 6.07) is 5.98. The van der Waals surface area contributed by atoms with Gasteiger partial charge in [-0.3, -0.25) is 4.79 Å². The van der Waals surface area contributed by atoms with Crippen LogP contribution in [0.1, 0.15) is 18.1 Å². The van der Waals surface area contributed by atoms with Crippen molar-refractivity contribution in [2.24, 2.45) is 5.73 Å². The first-order chi connectivity index (χ1) is 9.10. The molecule has 2 aromatic rings. The van der Waals surface area contributed by atoms with Gasteiger partial charge in [0.1, 0.15) is 6.67 Å². The van der Waals surface area contributed by atoms with Crippen LogP contribution in [0.2, 0.25) is 0 Å². The van der Waals surface area contributed by atoms with Gasteiger partial charge in [-0.1, -0.05) is 12.1 Å². The number of fused-ring (bicyclic) bond motifs is 1. The molecule has 0 spiro atoms. The Morgan fingerprint density at radius 3 is 2.95 bits per heavy atom. The summed E-state index contributed by atoms with van der Waals surface area (Å²) in [5, 5.41) is 1.00. The molecule has 19 heavy (non-hydrogen) atoms. The Kier molecular flexibility index (Phi) is 4.00. The Hall–Kier alpha value is -2.10. The van der Waals surface area contributed by atoms with Crippen molar-refractivity contribution in [1.82, 2.24) is 4.98 Å². The van der Waals surface area contributed by atoms with Gasteiger partial charge in [0.05, 0.1) is 6.42 Å². The Morgan fingerprint density at radius 1 is 1.47 bits per heavy atom. The maximum Gasteiger partial charge on any atom is 0.221 e. The molecule has 0 bridgehead atoms. The smallest absolute Gasteiger partial charge is 0.221 e. The van der Waals surface area contributed by atoms with Crippen molar-refractivity contribution in [2.45, 2.75) is 19.8 Å². The molecular weight excluding hydrogens is 243 g/mol. The van der Waals surface area contributed by atoms with Crippen LogP contribution >= 0.6 is 0 Å². The van der Waals surface area contributed by atoms with Gasteiger partial charge in [0.2, 0.25) is 5.91 Å². The molecular formula is C15H17FN2O. The minimum atomic E-state index is -0.417. The van der Waals surface area contributed by atoms with Crippen molar-refractivity contribution in [3.05, 3.63) is 47.2 Å². The molecule has 0 atom stereocenters. The standard InChI is InChI=1S/C15H17FN2O/c1-10(8-16)2-3-11-4-5-14-13(6-11)12(9-18-14)7-15(17)19/h2,4-6,9,18H,3,7-8H2,1H3,(H2,17,19). The second-order valence-electron chi connectivity index (χ2n) is 4.73. The average Bonchev–Trinajstić information content (AvgIpc) is 2.78. The number of hydrogen-bond acceptors (Lipinski definition) is 1. The molecule has 3 N–H and O–H groups in total. The van der Waals surface area contributed by atoms with Gasteiger partial charge in [0, 0.05) is 17.1 Å². The van der Waals surface area contributed by atoms with Crippen LogP contribution in [0.4, 0.5) is 4.39 Å². The Bertz CT molecular complexity index is 628. The van der Waals surface area contributed by atoms with Crippen molar-refractivity contribution >= 4 is 16.8 Å². The van der Waals surface area contributed by atoms with Crippen molar-refractivity contribution in [3.63, 3.8) is 0 Å². The molecule has 0 unspecified atom stereocenters. The zero-order chi connectivity index (χ0) is 13.8. The fourth-order valence-corrected chi connectivity index (χ4v) is 2.03. The number of nitrogens with two attached hydrogens (primary N) is 1. The van der Waals surface area contributed by atoms with E-state index in [1.54, 1.807) is 6.92 Å². The molecule has 4 heteroatoms. The molecule has 1 amide bonds. The number of halogens is 1. The summed E-state index contributed by atoms with van der Waals surface area (Å²) in [6.45, 7) is 1.35. The summed E-state index contributed by atoms with van der Waals surface area (Å²) in [4.78, 5) is 14.1. The normalized spacial score (nSPS) is 12.0. The number of benzene rings is 1. The van der Waals surface area contributed by atoms with Gasteiger partial charge in [-0.05, 0) is 42.2 Å². The molecule has 0 fully saturated rings. The number of carbonyl (C=O) groups is 1.